The minimum absolute atomic E-state index is 0.0438. The first-order valence-corrected chi connectivity index (χ1v) is 5.25. The normalized spacial score (nSPS) is 13.2. The molecule has 1 aromatic rings. The van der Waals surface area contributed by atoms with Crippen molar-refractivity contribution in [2.45, 2.75) is 44.8 Å². The van der Waals surface area contributed by atoms with E-state index in [4.69, 9.17) is 11.6 Å². The van der Waals surface area contributed by atoms with Crippen LogP contribution in [0.25, 0.3) is 0 Å². The van der Waals surface area contributed by atoms with Gasteiger partial charge in [0.15, 0.2) is 0 Å². The van der Waals surface area contributed by atoms with Gasteiger partial charge in [-0.25, -0.2) is 0 Å². The van der Waals surface area contributed by atoms with Gasteiger partial charge in [-0.2, -0.15) is 13.2 Å². The van der Waals surface area contributed by atoms with E-state index in [-0.39, 0.29) is 11.7 Å². The molecule has 0 saturated carbocycles. The molecule has 0 saturated heterocycles. The first-order valence-electron chi connectivity index (χ1n) is 4.71. The van der Waals surface area contributed by atoms with Gasteiger partial charge in [0.2, 0.25) is 0 Å². The summed E-state index contributed by atoms with van der Waals surface area (Å²) >= 11 is 5.62. The third-order valence-corrected chi connectivity index (χ3v) is 2.19. The number of hydrogen-bond donors (Lipinski definition) is 0. The Labute approximate surface area is 96.6 Å². The van der Waals surface area contributed by atoms with Crippen LogP contribution in [-0.4, -0.2) is 20.9 Å². The summed E-state index contributed by atoms with van der Waals surface area (Å²) < 4.78 is 38.4. The number of aromatic nitrogens is 3. The molecule has 0 aliphatic rings. The quantitative estimate of drug-likeness (QED) is 0.761. The van der Waals surface area contributed by atoms with E-state index in [0.717, 1.165) is 0 Å². The number of hydrogen-bond acceptors (Lipinski definition) is 2. The molecule has 0 aliphatic carbocycles. The minimum atomic E-state index is -4.29. The molecule has 0 N–H and O–H groups in total. The van der Waals surface area contributed by atoms with Gasteiger partial charge in [0.25, 0.3) is 0 Å². The maximum atomic E-state index is 12.3. The molecule has 0 atom stereocenters. The van der Waals surface area contributed by atoms with Crippen molar-refractivity contribution in [3.05, 3.63) is 11.6 Å². The standard InChI is InChI=1S/C9H13ClF3N3/c1-8(2,3)16-6(4-9(11,12)13)14-15-7(16)5-10/h4-5H2,1-3H3. The summed E-state index contributed by atoms with van der Waals surface area (Å²) in [5, 5.41) is 7.21. The van der Waals surface area contributed by atoms with Crippen LogP contribution < -0.4 is 0 Å². The molecule has 0 bridgehead atoms. The van der Waals surface area contributed by atoms with Crippen LogP contribution in [0.2, 0.25) is 0 Å². The maximum absolute atomic E-state index is 12.3. The molecule has 3 nitrogen and oxygen atoms in total. The van der Waals surface area contributed by atoms with Crippen LogP contribution in [0.4, 0.5) is 13.2 Å². The number of halogens is 4. The Morgan fingerprint density at radius 1 is 1.12 bits per heavy atom. The zero-order valence-corrected chi connectivity index (χ0v) is 10.0. The van der Waals surface area contributed by atoms with Crippen molar-refractivity contribution in [1.82, 2.24) is 14.8 Å². The van der Waals surface area contributed by atoms with Crippen molar-refractivity contribution in [1.29, 1.82) is 0 Å². The molecule has 92 valence electrons. The Hall–Kier alpha value is -0.780. The summed E-state index contributed by atoms with van der Waals surface area (Å²) in [6, 6.07) is 0. The molecule has 7 heteroatoms. The van der Waals surface area contributed by atoms with Crippen LogP contribution in [0.1, 0.15) is 32.4 Å². The molecule has 1 rings (SSSR count). The fourth-order valence-corrected chi connectivity index (χ4v) is 1.68. The maximum Gasteiger partial charge on any atom is 0.396 e. The van der Waals surface area contributed by atoms with Gasteiger partial charge in [-0.3, -0.25) is 0 Å². The summed E-state index contributed by atoms with van der Waals surface area (Å²) in [7, 11) is 0. The summed E-state index contributed by atoms with van der Waals surface area (Å²) in [4.78, 5) is 0. The van der Waals surface area contributed by atoms with Crippen LogP contribution in [0, 0.1) is 0 Å². The number of nitrogens with zero attached hydrogens (tertiary/aromatic N) is 3. The van der Waals surface area contributed by atoms with Gasteiger partial charge >= 0.3 is 6.18 Å². The van der Waals surface area contributed by atoms with Gasteiger partial charge in [0.1, 0.15) is 18.1 Å². The first-order chi connectivity index (χ1) is 7.15. The van der Waals surface area contributed by atoms with E-state index in [1.807, 2.05) is 0 Å². The summed E-state index contributed by atoms with van der Waals surface area (Å²) in [5.41, 5.74) is -0.520. The molecule has 16 heavy (non-hydrogen) atoms. The molecule has 0 unspecified atom stereocenters. The molecule has 0 spiro atoms. The molecule has 1 heterocycles. The van der Waals surface area contributed by atoms with E-state index in [1.54, 1.807) is 20.8 Å². The van der Waals surface area contributed by atoms with Crippen molar-refractivity contribution in [2.75, 3.05) is 0 Å². The van der Waals surface area contributed by atoms with Crippen molar-refractivity contribution >= 4 is 11.6 Å². The Balaban J connectivity index is 3.16. The monoisotopic (exact) mass is 255 g/mol. The highest BCUT2D eigenvalue weighted by molar-refractivity contribution is 6.16. The Morgan fingerprint density at radius 2 is 1.62 bits per heavy atom. The minimum Gasteiger partial charge on any atom is -0.308 e. The number of alkyl halides is 4. The highest BCUT2D eigenvalue weighted by Gasteiger charge is 2.33. The largest absolute Gasteiger partial charge is 0.396 e. The molecular formula is C9H13ClF3N3. The SMILES string of the molecule is CC(C)(C)n1c(CCl)nnc1CC(F)(F)F. The smallest absolute Gasteiger partial charge is 0.308 e. The van der Waals surface area contributed by atoms with Crippen molar-refractivity contribution in [3.8, 4) is 0 Å². The predicted octanol–water partition coefficient (Wildman–Crippen LogP) is 2.88. The third-order valence-electron chi connectivity index (χ3n) is 1.95. The van der Waals surface area contributed by atoms with Crippen LogP contribution in [-0.2, 0) is 17.8 Å². The van der Waals surface area contributed by atoms with Gasteiger partial charge in [0.05, 0.1) is 5.88 Å². The van der Waals surface area contributed by atoms with Gasteiger partial charge in [-0.05, 0) is 20.8 Å². The Bertz CT molecular complexity index is 365. The zero-order chi connectivity index (χ0) is 12.6. The highest BCUT2D eigenvalue weighted by Crippen LogP contribution is 2.25. The summed E-state index contributed by atoms with van der Waals surface area (Å²) in [5.74, 6) is 0.298. The van der Waals surface area contributed by atoms with Gasteiger partial charge in [-0.15, -0.1) is 21.8 Å². The van der Waals surface area contributed by atoms with E-state index < -0.39 is 18.1 Å². The molecule has 0 aromatic carbocycles. The lowest BCUT2D eigenvalue weighted by atomic mass is 10.1. The van der Waals surface area contributed by atoms with Crippen molar-refractivity contribution in [2.24, 2.45) is 0 Å². The van der Waals surface area contributed by atoms with Crippen LogP contribution in [0.5, 0.6) is 0 Å². The van der Waals surface area contributed by atoms with Crippen LogP contribution in [0.15, 0.2) is 0 Å². The molecule has 1 aromatic heterocycles. The first kappa shape index (κ1) is 13.3. The highest BCUT2D eigenvalue weighted by atomic mass is 35.5. The Kier molecular flexibility index (Phi) is 3.52. The zero-order valence-electron chi connectivity index (χ0n) is 9.27. The molecule has 0 fully saturated rings. The van der Waals surface area contributed by atoms with Crippen molar-refractivity contribution < 1.29 is 13.2 Å². The molecule has 0 amide bonds. The van der Waals surface area contributed by atoms with E-state index in [9.17, 15) is 13.2 Å². The Morgan fingerprint density at radius 3 is 2.00 bits per heavy atom. The van der Waals surface area contributed by atoms with E-state index in [2.05, 4.69) is 10.2 Å². The number of rotatable bonds is 2. The van der Waals surface area contributed by atoms with Gasteiger partial charge in [-0.1, -0.05) is 0 Å². The average Bonchev–Trinajstić information content (AvgIpc) is 2.43. The van der Waals surface area contributed by atoms with E-state index in [0.29, 0.717) is 5.82 Å². The molecule has 0 radical (unpaired) electrons. The molecular weight excluding hydrogens is 243 g/mol. The second kappa shape index (κ2) is 4.24. The van der Waals surface area contributed by atoms with Gasteiger partial charge in [0, 0.05) is 5.54 Å². The van der Waals surface area contributed by atoms with Crippen LogP contribution >= 0.6 is 11.6 Å². The lowest BCUT2D eigenvalue weighted by molar-refractivity contribution is -0.129. The van der Waals surface area contributed by atoms with Gasteiger partial charge < -0.3 is 4.57 Å². The molecule has 0 aliphatic heterocycles. The van der Waals surface area contributed by atoms with E-state index >= 15 is 0 Å². The fourth-order valence-electron chi connectivity index (χ4n) is 1.51. The summed E-state index contributed by atoms with van der Waals surface area (Å²) in [6.07, 6.45) is -5.38. The van der Waals surface area contributed by atoms with Crippen LogP contribution in [0.3, 0.4) is 0 Å². The topological polar surface area (TPSA) is 30.7 Å². The van der Waals surface area contributed by atoms with E-state index in [1.165, 1.54) is 4.57 Å². The van der Waals surface area contributed by atoms with Crippen molar-refractivity contribution in [3.63, 3.8) is 0 Å². The predicted molar refractivity (Wildman–Crippen MR) is 54.3 cm³/mol. The lowest BCUT2D eigenvalue weighted by Gasteiger charge is -2.24. The average molecular weight is 256 g/mol. The fraction of sp³-hybridized carbons (Fsp3) is 0.778. The second-order valence-corrected chi connectivity index (χ2v) is 4.73. The third kappa shape index (κ3) is 3.10. The lowest BCUT2D eigenvalue weighted by Crippen LogP contribution is -2.28. The summed E-state index contributed by atoms with van der Waals surface area (Å²) in [6.45, 7) is 5.35. The second-order valence-electron chi connectivity index (χ2n) is 4.46.